The van der Waals surface area contributed by atoms with Gasteiger partial charge in [0.15, 0.2) is 0 Å². The molecule has 0 bridgehead atoms. The van der Waals surface area contributed by atoms with Crippen LogP contribution in [0.15, 0.2) is 48.5 Å². The Bertz CT molecular complexity index is 782. The van der Waals surface area contributed by atoms with Gasteiger partial charge in [-0.15, -0.1) is 0 Å². The summed E-state index contributed by atoms with van der Waals surface area (Å²) >= 11 is 11.7. The molecule has 0 amide bonds. The molecule has 0 aromatic heterocycles. The van der Waals surface area contributed by atoms with Gasteiger partial charge in [0, 0.05) is 15.6 Å². The van der Waals surface area contributed by atoms with Crippen LogP contribution in [0.2, 0.25) is 10.0 Å². The molecule has 1 N–H and O–H groups in total. The van der Waals surface area contributed by atoms with Crippen LogP contribution in [0, 0.1) is 6.92 Å². The van der Waals surface area contributed by atoms with E-state index in [0.717, 1.165) is 11.6 Å². The Balaban J connectivity index is 2.13. The number of alkyl halides is 3. The summed E-state index contributed by atoms with van der Waals surface area (Å²) in [7, 11) is 0. The van der Waals surface area contributed by atoms with E-state index < -0.39 is 11.8 Å². The van der Waals surface area contributed by atoms with Gasteiger partial charge < -0.3 is 0 Å². The molecule has 1 aliphatic heterocycles. The smallest absolute Gasteiger partial charge is 0.265 e. The lowest BCUT2D eigenvalue weighted by Crippen LogP contribution is -2.42. The summed E-state index contributed by atoms with van der Waals surface area (Å²) < 4.78 is 41.5. The highest BCUT2D eigenvalue weighted by Gasteiger charge is 2.59. The molecule has 126 valence electrons. The SMILES string of the molecule is Cc1ccc(C2=CC(c3cc(Cl)cc(Cl)c3)(C(F)(F)F)ON2)cc1. The van der Waals surface area contributed by atoms with Crippen molar-refractivity contribution in [1.82, 2.24) is 5.48 Å². The molecule has 0 spiro atoms. The first-order valence-corrected chi connectivity index (χ1v) is 7.74. The van der Waals surface area contributed by atoms with Gasteiger partial charge in [-0.25, -0.2) is 0 Å². The second kappa shape index (κ2) is 5.99. The third-order valence-corrected chi connectivity index (χ3v) is 4.18. The molecule has 1 unspecified atom stereocenters. The summed E-state index contributed by atoms with van der Waals surface area (Å²) in [5.41, 5.74) is 1.34. The van der Waals surface area contributed by atoms with Crippen LogP contribution in [0.4, 0.5) is 13.2 Å². The summed E-state index contributed by atoms with van der Waals surface area (Å²) in [5, 5.41) is 0.198. The van der Waals surface area contributed by atoms with Crippen molar-refractivity contribution >= 4 is 28.9 Å². The zero-order valence-corrected chi connectivity index (χ0v) is 13.9. The van der Waals surface area contributed by atoms with Crippen molar-refractivity contribution in [3.05, 3.63) is 75.3 Å². The van der Waals surface area contributed by atoms with Crippen LogP contribution in [-0.4, -0.2) is 6.18 Å². The van der Waals surface area contributed by atoms with E-state index >= 15 is 0 Å². The van der Waals surface area contributed by atoms with Gasteiger partial charge in [-0.05, 0) is 36.8 Å². The van der Waals surface area contributed by atoms with Gasteiger partial charge in [0.05, 0.1) is 5.70 Å². The van der Waals surface area contributed by atoms with Gasteiger partial charge in [0.25, 0.3) is 0 Å². The van der Waals surface area contributed by atoms with Gasteiger partial charge in [0.1, 0.15) is 0 Å². The molecule has 0 radical (unpaired) electrons. The molecule has 2 aromatic carbocycles. The topological polar surface area (TPSA) is 21.3 Å². The predicted octanol–water partition coefficient (Wildman–Crippen LogP) is 5.64. The van der Waals surface area contributed by atoms with Crippen molar-refractivity contribution in [2.24, 2.45) is 0 Å². The van der Waals surface area contributed by atoms with Crippen molar-refractivity contribution < 1.29 is 18.0 Å². The molecule has 7 heteroatoms. The normalized spacial score (nSPS) is 20.7. The molecular weight excluding hydrogens is 362 g/mol. The van der Waals surface area contributed by atoms with E-state index in [2.05, 4.69) is 5.48 Å². The Morgan fingerprint density at radius 3 is 2.12 bits per heavy atom. The van der Waals surface area contributed by atoms with Crippen LogP contribution in [0.3, 0.4) is 0 Å². The fraction of sp³-hybridized carbons (Fsp3) is 0.176. The number of halogens is 5. The van der Waals surface area contributed by atoms with Crippen LogP contribution >= 0.6 is 23.2 Å². The van der Waals surface area contributed by atoms with Crippen molar-refractivity contribution in [2.45, 2.75) is 18.7 Å². The first-order chi connectivity index (χ1) is 11.2. The third-order valence-electron chi connectivity index (χ3n) is 3.74. The van der Waals surface area contributed by atoms with E-state index in [4.69, 9.17) is 28.0 Å². The Labute approximate surface area is 146 Å². The minimum Gasteiger partial charge on any atom is -0.265 e. The Hall–Kier alpha value is -1.69. The van der Waals surface area contributed by atoms with Crippen molar-refractivity contribution in [3.63, 3.8) is 0 Å². The van der Waals surface area contributed by atoms with Gasteiger partial charge >= 0.3 is 6.18 Å². The molecule has 3 rings (SSSR count). The van der Waals surface area contributed by atoms with Crippen LogP contribution < -0.4 is 5.48 Å². The van der Waals surface area contributed by atoms with Gasteiger partial charge in [0.2, 0.25) is 5.60 Å². The highest BCUT2D eigenvalue weighted by Crippen LogP contribution is 2.48. The minimum atomic E-state index is -4.71. The van der Waals surface area contributed by atoms with Gasteiger partial charge in [-0.3, -0.25) is 10.3 Å². The molecule has 0 saturated heterocycles. The maximum absolute atomic E-state index is 13.8. The van der Waals surface area contributed by atoms with E-state index in [1.165, 1.54) is 18.2 Å². The van der Waals surface area contributed by atoms with E-state index in [-0.39, 0.29) is 21.3 Å². The summed E-state index contributed by atoms with van der Waals surface area (Å²) in [6, 6.07) is 10.8. The zero-order chi connectivity index (χ0) is 17.5. The molecule has 0 saturated carbocycles. The fourth-order valence-electron chi connectivity index (χ4n) is 2.49. The van der Waals surface area contributed by atoms with E-state index in [9.17, 15) is 13.2 Å². The summed E-state index contributed by atoms with van der Waals surface area (Å²) in [6.45, 7) is 1.89. The van der Waals surface area contributed by atoms with Gasteiger partial charge in [-0.2, -0.15) is 13.2 Å². The van der Waals surface area contributed by atoms with E-state index in [1.54, 1.807) is 12.1 Å². The van der Waals surface area contributed by atoms with Crippen LogP contribution in [-0.2, 0) is 10.4 Å². The second-order valence-corrected chi connectivity index (χ2v) is 6.39. The second-order valence-electron chi connectivity index (χ2n) is 5.52. The zero-order valence-electron chi connectivity index (χ0n) is 12.4. The molecule has 2 nitrogen and oxygen atoms in total. The maximum Gasteiger partial charge on any atom is 0.428 e. The number of nitrogens with one attached hydrogen (secondary N) is 1. The summed E-state index contributed by atoms with van der Waals surface area (Å²) in [5.74, 6) is 0. The first-order valence-electron chi connectivity index (χ1n) is 6.98. The maximum atomic E-state index is 13.8. The quantitative estimate of drug-likeness (QED) is 0.735. The average Bonchev–Trinajstić information content (AvgIpc) is 2.93. The largest absolute Gasteiger partial charge is 0.428 e. The number of hydroxylamine groups is 1. The lowest BCUT2D eigenvalue weighted by atomic mass is 9.91. The number of rotatable bonds is 2. The van der Waals surface area contributed by atoms with E-state index in [1.807, 2.05) is 19.1 Å². The molecule has 1 aliphatic rings. The summed E-state index contributed by atoms with van der Waals surface area (Å²) in [6.07, 6.45) is -3.71. The lowest BCUT2D eigenvalue weighted by Gasteiger charge is -2.28. The third kappa shape index (κ3) is 2.99. The van der Waals surface area contributed by atoms with Crippen molar-refractivity contribution in [3.8, 4) is 0 Å². The highest BCUT2D eigenvalue weighted by molar-refractivity contribution is 6.34. The van der Waals surface area contributed by atoms with Crippen molar-refractivity contribution in [1.29, 1.82) is 0 Å². The first kappa shape index (κ1) is 17.1. The molecule has 24 heavy (non-hydrogen) atoms. The standard InChI is InChI=1S/C17H12Cl2F3NO/c1-10-2-4-11(5-3-10)15-9-16(24-23-15,17(20,21)22)12-6-13(18)8-14(19)7-12/h2-9,23H,1H3. The Morgan fingerprint density at radius 1 is 1.00 bits per heavy atom. The van der Waals surface area contributed by atoms with Crippen LogP contribution in [0.1, 0.15) is 16.7 Å². The molecule has 2 aromatic rings. The summed E-state index contributed by atoms with van der Waals surface area (Å²) in [4.78, 5) is 5.01. The Morgan fingerprint density at radius 2 is 1.58 bits per heavy atom. The molecule has 0 fully saturated rings. The minimum absolute atomic E-state index is 0.0990. The number of hydrogen-bond donors (Lipinski definition) is 1. The van der Waals surface area contributed by atoms with Crippen molar-refractivity contribution in [2.75, 3.05) is 0 Å². The number of hydrogen-bond acceptors (Lipinski definition) is 2. The van der Waals surface area contributed by atoms with Crippen LogP contribution in [0.5, 0.6) is 0 Å². The highest BCUT2D eigenvalue weighted by atomic mass is 35.5. The lowest BCUT2D eigenvalue weighted by molar-refractivity contribution is -0.269. The molecule has 1 atom stereocenters. The fourth-order valence-corrected chi connectivity index (χ4v) is 3.01. The molecule has 1 heterocycles. The van der Waals surface area contributed by atoms with E-state index in [0.29, 0.717) is 5.56 Å². The predicted molar refractivity (Wildman–Crippen MR) is 87.6 cm³/mol. The molecule has 0 aliphatic carbocycles. The monoisotopic (exact) mass is 373 g/mol. The Kier molecular flexibility index (Phi) is 4.28. The average molecular weight is 374 g/mol. The number of benzene rings is 2. The van der Waals surface area contributed by atoms with Gasteiger partial charge in [-0.1, -0.05) is 53.0 Å². The molecular formula is C17H12Cl2F3NO. The van der Waals surface area contributed by atoms with Crippen LogP contribution in [0.25, 0.3) is 5.70 Å². The number of aryl methyl sites for hydroxylation is 1.